The Bertz CT molecular complexity index is 810. The van der Waals surface area contributed by atoms with E-state index < -0.39 is 54.0 Å². The maximum atomic E-state index is 12.9. The molecule has 9 N–H and O–H groups in total. The number of unbranched alkanes of at least 4 members (excludes halogenated alkanes) is 1. The van der Waals surface area contributed by atoms with Crippen molar-refractivity contribution >= 4 is 36.3 Å². The molecule has 0 saturated carbocycles. The Labute approximate surface area is 204 Å². The number of aliphatic hydroxyl groups is 1. The van der Waals surface area contributed by atoms with E-state index in [1.165, 1.54) is 6.92 Å². The van der Waals surface area contributed by atoms with Crippen LogP contribution in [0.1, 0.15) is 31.7 Å². The van der Waals surface area contributed by atoms with Gasteiger partial charge in [0.25, 0.3) is 0 Å². The Hall–Kier alpha value is -2.67. The molecule has 0 unspecified atom stereocenters. The molecule has 11 nitrogen and oxygen atoms in total. The van der Waals surface area contributed by atoms with E-state index in [9.17, 15) is 24.3 Å². The number of carboxylic acids is 1. The van der Waals surface area contributed by atoms with Gasteiger partial charge in [-0.15, -0.1) is 0 Å². The maximum Gasteiger partial charge on any atom is 0.327 e. The van der Waals surface area contributed by atoms with Gasteiger partial charge in [0.1, 0.15) is 18.1 Å². The summed E-state index contributed by atoms with van der Waals surface area (Å²) in [6.45, 7) is 1.67. The van der Waals surface area contributed by atoms with Crippen molar-refractivity contribution in [2.45, 2.75) is 62.9 Å². The Kier molecular flexibility index (Phi) is 13.2. The Morgan fingerprint density at radius 2 is 1.59 bits per heavy atom. The minimum absolute atomic E-state index is 0.182. The summed E-state index contributed by atoms with van der Waals surface area (Å²) in [7, 11) is 0. The highest BCUT2D eigenvalue weighted by molar-refractivity contribution is 7.80. The first-order valence-corrected chi connectivity index (χ1v) is 11.7. The normalized spacial score (nSPS) is 15.3. The number of aliphatic carboxylic acids is 1. The van der Waals surface area contributed by atoms with Gasteiger partial charge >= 0.3 is 5.97 Å². The number of benzene rings is 1. The lowest BCUT2D eigenvalue weighted by atomic mass is 10.0. The van der Waals surface area contributed by atoms with Gasteiger partial charge in [-0.1, -0.05) is 30.3 Å². The average Bonchev–Trinajstić information content (AvgIpc) is 2.80. The molecule has 190 valence electrons. The van der Waals surface area contributed by atoms with Crippen LogP contribution in [-0.4, -0.2) is 76.5 Å². The Balaban J connectivity index is 2.89. The molecule has 12 heteroatoms. The van der Waals surface area contributed by atoms with Crippen LogP contribution in [0.5, 0.6) is 0 Å². The first-order chi connectivity index (χ1) is 16.1. The van der Waals surface area contributed by atoms with E-state index in [4.69, 9.17) is 16.6 Å². The third-order valence-corrected chi connectivity index (χ3v) is 5.44. The highest BCUT2D eigenvalue weighted by Crippen LogP contribution is 2.06. The number of hydrogen-bond acceptors (Lipinski definition) is 8. The first kappa shape index (κ1) is 29.4. The zero-order valence-corrected chi connectivity index (χ0v) is 20.0. The first-order valence-electron chi connectivity index (χ1n) is 11.0. The fourth-order valence-electron chi connectivity index (χ4n) is 3.11. The Morgan fingerprint density at radius 3 is 2.12 bits per heavy atom. The van der Waals surface area contributed by atoms with Gasteiger partial charge in [-0.3, -0.25) is 14.4 Å². The van der Waals surface area contributed by atoms with E-state index in [1.54, 1.807) is 0 Å². The number of nitrogens with one attached hydrogen (secondary N) is 3. The number of aliphatic hydroxyl groups excluding tert-OH is 1. The molecule has 1 rings (SSSR count). The molecule has 0 aromatic heterocycles. The number of carbonyl (C=O) groups is 4. The molecule has 0 spiro atoms. The van der Waals surface area contributed by atoms with Gasteiger partial charge in [0.15, 0.2) is 0 Å². The smallest absolute Gasteiger partial charge is 0.327 e. The molecule has 0 fully saturated rings. The van der Waals surface area contributed by atoms with E-state index in [0.29, 0.717) is 19.4 Å². The number of amides is 3. The van der Waals surface area contributed by atoms with Crippen molar-refractivity contribution in [1.29, 1.82) is 0 Å². The predicted octanol–water partition coefficient (Wildman–Crippen LogP) is -1.46. The molecular weight excluding hydrogens is 462 g/mol. The van der Waals surface area contributed by atoms with Gasteiger partial charge in [-0.25, -0.2) is 4.79 Å². The van der Waals surface area contributed by atoms with Crippen molar-refractivity contribution in [1.82, 2.24) is 16.0 Å². The molecule has 0 aliphatic heterocycles. The van der Waals surface area contributed by atoms with Crippen molar-refractivity contribution in [3.8, 4) is 0 Å². The Morgan fingerprint density at radius 1 is 0.971 bits per heavy atom. The number of carboxylic acid groups (broad SMARTS) is 1. The summed E-state index contributed by atoms with van der Waals surface area (Å²) >= 11 is 3.88. The number of carbonyl (C=O) groups excluding carboxylic acids is 3. The molecule has 1 aromatic rings. The lowest BCUT2D eigenvalue weighted by Gasteiger charge is -2.26. The second-order valence-electron chi connectivity index (χ2n) is 7.95. The van der Waals surface area contributed by atoms with Gasteiger partial charge < -0.3 is 37.6 Å². The maximum absolute atomic E-state index is 12.9. The van der Waals surface area contributed by atoms with Crippen molar-refractivity contribution in [3.63, 3.8) is 0 Å². The van der Waals surface area contributed by atoms with E-state index >= 15 is 0 Å². The molecular formula is C22H35N5O6S. The lowest BCUT2D eigenvalue weighted by Crippen LogP contribution is -2.60. The van der Waals surface area contributed by atoms with E-state index in [0.717, 1.165) is 5.56 Å². The molecule has 3 amide bonds. The number of nitrogens with two attached hydrogens (primary N) is 2. The topological polar surface area (TPSA) is 197 Å². The largest absolute Gasteiger partial charge is 0.480 e. The standard InChI is InChI=1S/C22H35N5O6S/c1-13(28)18(21(31)26-17(12-34)22(32)33)27-20(30)16(9-5-6-10-23)25-19(29)15(24)11-14-7-3-2-4-8-14/h2-4,7-8,13,15-18,28,34H,5-6,9-12,23-24H2,1H3,(H,25,29)(H,26,31)(H,27,30)(H,32,33)/t13-,15+,16+,17+,18+/m1/s1. The molecule has 1 aromatic carbocycles. The molecule has 0 aliphatic carbocycles. The molecule has 0 radical (unpaired) electrons. The predicted molar refractivity (Wildman–Crippen MR) is 130 cm³/mol. The van der Waals surface area contributed by atoms with Crippen LogP contribution in [0.15, 0.2) is 30.3 Å². The second kappa shape index (κ2) is 15.3. The summed E-state index contributed by atoms with van der Waals surface area (Å²) in [5, 5.41) is 26.4. The van der Waals surface area contributed by atoms with Crippen molar-refractivity contribution < 1.29 is 29.4 Å². The number of thiol groups is 1. The van der Waals surface area contributed by atoms with Gasteiger partial charge in [0.05, 0.1) is 12.1 Å². The van der Waals surface area contributed by atoms with Crippen LogP contribution in [0.2, 0.25) is 0 Å². The third-order valence-electron chi connectivity index (χ3n) is 5.07. The average molecular weight is 498 g/mol. The highest BCUT2D eigenvalue weighted by atomic mass is 32.1. The van der Waals surface area contributed by atoms with E-state index in [2.05, 4.69) is 28.6 Å². The molecule has 5 atom stereocenters. The summed E-state index contributed by atoms with van der Waals surface area (Å²) in [5.41, 5.74) is 12.4. The highest BCUT2D eigenvalue weighted by Gasteiger charge is 2.32. The monoisotopic (exact) mass is 497 g/mol. The van der Waals surface area contributed by atoms with Crippen molar-refractivity contribution in [2.75, 3.05) is 12.3 Å². The van der Waals surface area contributed by atoms with Crippen LogP contribution in [0.3, 0.4) is 0 Å². The van der Waals surface area contributed by atoms with Crippen LogP contribution < -0.4 is 27.4 Å². The second-order valence-corrected chi connectivity index (χ2v) is 8.32. The summed E-state index contributed by atoms with van der Waals surface area (Å²) in [5.74, 6) is -3.64. The summed E-state index contributed by atoms with van der Waals surface area (Å²) < 4.78 is 0. The molecule has 0 bridgehead atoms. The number of hydrogen-bond donors (Lipinski definition) is 8. The fraction of sp³-hybridized carbons (Fsp3) is 0.545. The van der Waals surface area contributed by atoms with Crippen LogP contribution >= 0.6 is 12.6 Å². The van der Waals surface area contributed by atoms with Gasteiger partial charge in [-0.05, 0) is 44.7 Å². The van der Waals surface area contributed by atoms with Crippen molar-refractivity contribution in [2.24, 2.45) is 11.5 Å². The minimum atomic E-state index is -1.44. The third kappa shape index (κ3) is 10.1. The van der Waals surface area contributed by atoms with Gasteiger partial charge in [-0.2, -0.15) is 12.6 Å². The van der Waals surface area contributed by atoms with Crippen LogP contribution in [0.25, 0.3) is 0 Å². The summed E-state index contributed by atoms with van der Waals surface area (Å²) in [6.07, 6.45) is 0.296. The molecule has 0 heterocycles. The fourth-order valence-corrected chi connectivity index (χ4v) is 3.35. The summed E-state index contributed by atoms with van der Waals surface area (Å²) in [6, 6.07) is 4.48. The SMILES string of the molecule is C[C@@H](O)[C@H](NC(=O)[C@H](CCCCN)NC(=O)[C@@H](N)Cc1ccccc1)C(=O)N[C@@H](CS)C(=O)O. The zero-order chi connectivity index (χ0) is 25.7. The van der Waals surface area contributed by atoms with Crippen LogP contribution in [0, 0.1) is 0 Å². The van der Waals surface area contributed by atoms with Crippen molar-refractivity contribution in [3.05, 3.63) is 35.9 Å². The summed E-state index contributed by atoms with van der Waals surface area (Å²) in [4.78, 5) is 49.3. The number of rotatable bonds is 15. The van der Waals surface area contributed by atoms with E-state index in [-0.39, 0.29) is 18.6 Å². The van der Waals surface area contributed by atoms with Crippen LogP contribution in [0.4, 0.5) is 0 Å². The van der Waals surface area contributed by atoms with E-state index in [1.807, 2.05) is 30.3 Å². The molecule has 0 saturated heterocycles. The molecule has 0 aliphatic rings. The quantitative estimate of drug-likeness (QED) is 0.106. The van der Waals surface area contributed by atoms with Gasteiger partial charge in [0.2, 0.25) is 17.7 Å². The molecule has 34 heavy (non-hydrogen) atoms. The zero-order valence-electron chi connectivity index (χ0n) is 19.1. The van der Waals surface area contributed by atoms with Crippen LogP contribution in [-0.2, 0) is 25.6 Å². The lowest BCUT2D eigenvalue weighted by molar-refractivity contribution is -0.142. The van der Waals surface area contributed by atoms with Gasteiger partial charge in [0, 0.05) is 5.75 Å². The minimum Gasteiger partial charge on any atom is -0.480 e.